The molecule has 3 aliphatic heterocycles. The van der Waals surface area contributed by atoms with Gasteiger partial charge < -0.3 is 24.6 Å². The zero-order valence-corrected chi connectivity index (χ0v) is 27.2. The van der Waals surface area contributed by atoms with Crippen molar-refractivity contribution in [2.75, 3.05) is 69.7 Å². The van der Waals surface area contributed by atoms with Gasteiger partial charge in [-0.1, -0.05) is 11.6 Å². The maximum Gasteiger partial charge on any atom is 0.230 e. The predicted molar refractivity (Wildman–Crippen MR) is 179 cm³/mol. The van der Waals surface area contributed by atoms with Crippen LogP contribution in [-0.2, 0) is 4.74 Å². The van der Waals surface area contributed by atoms with Crippen LogP contribution < -0.4 is 15.0 Å². The van der Waals surface area contributed by atoms with E-state index in [1.54, 1.807) is 18.2 Å². The molecule has 15 heteroatoms. The molecule has 13 nitrogen and oxygen atoms in total. The van der Waals surface area contributed by atoms with E-state index in [0.717, 1.165) is 51.6 Å². The van der Waals surface area contributed by atoms with Gasteiger partial charge in [-0.25, -0.2) is 14.4 Å². The molecule has 0 radical (unpaired) electrons. The molecule has 0 spiro atoms. The lowest BCUT2D eigenvalue weighted by atomic mass is 10.1. The van der Waals surface area contributed by atoms with Gasteiger partial charge in [0.05, 0.1) is 36.0 Å². The number of aromatic nitrogens is 5. The Hall–Kier alpha value is -4.68. The quantitative estimate of drug-likeness (QED) is 0.261. The normalized spacial score (nSPS) is 20.2. The molecule has 48 heavy (non-hydrogen) atoms. The van der Waals surface area contributed by atoms with E-state index >= 15 is 0 Å². The highest BCUT2D eigenvalue weighted by molar-refractivity contribution is 6.32. The molecule has 0 aliphatic carbocycles. The minimum atomic E-state index is -1.10. The summed E-state index contributed by atoms with van der Waals surface area (Å²) in [5, 5.41) is 19.3. The molecule has 0 unspecified atom stereocenters. The molecule has 2 N–H and O–H groups in total. The molecule has 5 heterocycles. The number of likely N-dealkylation sites (tertiary alicyclic amines) is 1. The third-order valence-electron chi connectivity index (χ3n) is 8.57. The van der Waals surface area contributed by atoms with Gasteiger partial charge in [-0.3, -0.25) is 14.8 Å². The van der Waals surface area contributed by atoms with E-state index in [1.165, 1.54) is 18.2 Å². The predicted octanol–water partition coefficient (Wildman–Crippen LogP) is 3.97. The van der Waals surface area contributed by atoms with Crippen molar-refractivity contribution in [2.24, 2.45) is 0 Å². The summed E-state index contributed by atoms with van der Waals surface area (Å²) in [6.45, 7) is 6.90. The molecule has 2 aromatic heterocycles. The maximum atomic E-state index is 14.5. The number of nitrogens with one attached hydrogen (secondary N) is 2. The van der Waals surface area contributed by atoms with Gasteiger partial charge in [0.25, 0.3) is 0 Å². The first-order valence-corrected chi connectivity index (χ1v) is 16.1. The fourth-order valence-corrected chi connectivity index (χ4v) is 5.85. The van der Waals surface area contributed by atoms with Crippen molar-refractivity contribution in [2.45, 2.75) is 24.7 Å². The zero-order chi connectivity index (χ0) is 33.5. The van der Waals surface area contributed by atoms with E-state index in [1.807, 2.05) is 24.1 Å². The monoisotopic (exact) mass is 674 g/mol. The SMILES string of the molecule is CN1CC[C@H](Oc2ccc(-c3ncnc(Nc4ccc(N5CCN(C6COC6)CC5)cc4)n3)cc2C#N)[C@H](F)C1.O=Cc1[nH]ncc1Cl. The van der Waals surface area contributed by atoms with Crippen molar-refractivity contribution in [3.05, 3.63) is 71.3 Å². The van der Waals surface area contributed by atoms with Crippen LogP contribution in [0.5, 0.6) is 5.75 Å². The smallest absolute Gasteiger partial charge is 0.230 e. The summed E-state index contributed by atoms with van der Waals surface area (Å²) in [4.78, 5) is 29.9. The summed E-state index contributed by atoms with van der Waals surface area (Å²) in [6.07, 6.45) is 2.34. The summed E-state index contributed by atoms with van der Waals surface area (Å²) >= 11 is 5.41. The third kappa shape index (κ3) is 8.06. The van der Waals surface area contributed by atoms with Crippen LogP contribution >= 0.6 is 11.6 Å². The summed E-state index contributed by atoms with van der Waals surface area (Å²) in [5.41, 5.74) is 3.35. The summed E-state index contributed by atoms with van der Waals surface area (Å²) in [5.74, 6) is 1.20. The van der Waals surface area contributed by atoms with Crippen LogP contribution in [0, 0.1) is 11.3 Å². The second-order valence-electron chi connectivity index (χ2n) is 11.8. The van der Waals surface area contributed by atoms with E-state index in [0.29, 0.717) is 64.7 Å². The first kappa shape index (κ1) is 33.2. The summed E-state index contributed by atoms with van der Waals surface area (Å²) < 4.78 is 25.7. The van der Waals surface area contributed by atoms with E-state index in [2.05, 4.69) is 58.5 Å². The van der Waals surface area contributed by atoms with Gasteiger partial charge in [-0.15, -0.1) is 0 Å². The highest BCUT2D eigenvalue weighted by Gasteiger charge is 2.30. The van der Waals surface area contributed by atoms with Crippen LogP contribution in [0.1, 0.15) is 22.5 Å². The molecular formula is C33H36ClFN10O3. The van der Waals surface area contributed by atoms with Crippen molar-refractivity contribution in [3.63, 3.8) is 0 Å². The van der Waals surface area contributed by atoms with Gasteiger partial charge in [-0.05, 0) is 55.9 Å². The van der Waals surface area contributed by atoms with Crippen molar-refractivity contribution in [1.29, 1.82) is 5.26 Å². The van der Waals surface area contributed by atoms with Gasteiger partial charge in [-0.2, -0.15) is 15.3 Å². The molecule has 2 atom stereocenters. The number of aromatic amines is 1. The highest BCUT2D eigenvalue weighted by Crippen LogP contribution is 2.29. The molecule has 2 aromatic carbocycles. The molecule has 0 bridgehead atoms. The Balaban J connectivity index is 0.000000441. The number of anilines is 3. The Bertz CT molecular complexity index is 1720. The molecular weight excluding hydrogens is 639 g/mol. The largest absolute Gasteiger partial charge is 0.486 e. The number of halogens is 2. The molecule has 7 rings (SSSR count). The minimum absolute atomic E-state index is 0.316. The number of H-pyrrole nitrogens is 1. The van der Waals surface area contributed by atoms with Crippen molar-refractivity contribution < 1.29 is 18.7 Å². The third-order valence-corrected chi connectivity index (χ3v) is 8.87. The molecule has 3 saturated heterocycles. The maximum absolute atomic E-state index is 14.5. The number of piperidine rings is 1. The van der Waals surface area contributed by atoms with E-state index in [4.69, 9.17) is 21.1 Å². The lowest BCUT2D eigenvalue weighted by Crippen LogP contribution is -2.56. The molecule has 4 aromatic rings. The van der Waals surface area contributed by atoms with Crippen LogP contribution in [0.25, 0.3) is 11.4 Å². The number of ether oxygens (including phenoxy) is 2. The van der Waals surface area contributed by atoms with Gasteiger partial charge in [0, 0.05) is 56.2 Å². The van der Waals surface area contributed by atoms with Crippen LogP contribution in [0.4, 0.5) is 21.7 Å². The minimum Gasteiger partial charge on any atom is -0.486 e. The van der Waals surface area contributed by atoms with Crippen molar-refractivity contribution in [3.8, 4) is 23.2 Å². The number of alkyl halides is 1. The number of nitrogens with zero attached hydrogens (tertiary/aromatic N) is 8. The number of carbonyl (C=O) groups excluding carboxylic acids is 1. The second-order valence-corrected chi connectivity index (χ2v) is 12.2. The van der Waals surface area contributed by atoms with Crippen molar-refractivity contribution >= 4 is 35.2 Å². The van der Waals surface area contributed by atoms with Gasteiger partial charge in [0.1, 0.15) is 36.1 Å². The van der Waals surface area contributed by atoms with E-state index in [-0.39, 0.29) is 0 Å². The highest BCUT2D eigenvalue weighted by atomic mass is 35.5. The van der Waals surface area contributed by atoms with Gasteiger partial charge >= 0.3 is 0 Å². The Morgan fingerprint density at radius 1 is 1.12 bits per heavy atom. The number of hydrogen-bond donors (Lipinski definition) is 2. The van der Waals surface area contributed by atoms with Gasteiger partial charge in [0.15, 0.2) is 12.1 Å². The average molecular weight is 675 g/mol. The Morgan fingerprint density at radius 2 is 1.92 bits per heavy atom. The number of hydrogen-bond acceptors (Lipinski definition) is 12. The fourth-order valence-electron chi connectivity index (χ4n) is 5.71. The van der Waals surface area contributed by atoms with Crippen molar-refractivity contribution in [1.82, 2.24) is 34.9 Å². The standard InChI is InChI=1S/C29H33FN8O2.C4H3ClN2O/c1-36-9-8-27(25(30)16-36)40-26-7-2-20(14-21(26)15-31)28-32-19-33-29(35-28)34-22-3-5-23(6-4-22)37-10-12-38(13-11-37)24-17-39-18-24;5-3-1-6-7-4(3)2-8/h2-7,14,19,24-25,27H,8-13,16-18H2,1H3,(H,32,33,34,35);1-2H,(H,6,7)/t25-,27+;/m1./s1. The van der Waals surface area contributed by atoms with Gasteiger partial charge in [0.2, 0.25) is 5.95 Å². The number of rotatable bonds is 8. The second kappa shape index (κ2) is 15.5. The number of carbonyl (C=O) groups is 1. The Labute approximate surface area is 282 Å². The number of piperazine rings is 1. The topological polar surface area (TPSA) is 148 Å². The Kier molecular flexibility index (Phi) is 10.7. The summed E-state index contributed by atoms with van der Waals surface area (Å²) in [7, 11) is 1.89. The Morgan fingerprint density at radius 3 is 2.54 bits per heavy atom. The molecule has 3 fully saturated rings. The lowest BCUT2D eigenvalue weighted by Gasteiger charge is -2.43. The van der Waals surface area contributed by atoms with Crippen LogP contribution in [-0.4, -0.2) is 119 Å². The van der Waals surface area contributed by atoms with E-state index < -0.39 is 12.3 Å². The molecule has 3 aliphatic rings. The summed E-state index contributed by atoms with van der Waals surface area (Å²) in [6, 6.07) is 16.1. The first-order valence-electron chi connectivity index (χ1n) is 15.7. The zero-order valence-electron chi connectivity index (χ0n) is 26.4. The number of aldehydes is 1. The van der Waals surface area contributed by atoms with E-state index in [9.17, 15) is 14.4 Å². The molecule has 0 amide bonds. The average Bonchev–Trinajstić information content (AvgIpc) is 3.51. The number of nitriles is 1. The fraction of sp³-hybridized carbons (Fsp3) is 0.394. The van der Waals surface area contributed by atoms with Crippen LogP contribution in [0.3, 0.4) is 0 Å². The molecule has 0 saturated carbocycles. The first-order chi connectivity index (χ1) is 23.4. The number of benzene rings is 2. The van der Waals surface area contributed by atoms with Crippen LogP contribution in [0.15, 0.2) is 55.0 Å². The van der Waals surface area contributed by atoms with Crippen LogP contribution in [0.2, 0.25) is 5.02 Å². The molecule has 250 valence electrons. The lowest BCUT2D eigenvalue weighted by molar-refractivity contribution is -0.0660.